The highest BCUT2D eigenvalue weighted by Gasteiger charge is 2.28. The number of benzene rings is 2. The third-order valence-electron chi connectivity index (χ3n) is 6.59. The van der Waals surface area contributed by atoms with Crippen LogP contribution >= 0.6 is 0 Å². The van der Waals surface area contributed by atoms with Crippen LogP contribution in [0.25, 0.3) is 10.9 Å². The van der Waals surface area contributed by atoms with E-state index in [-0.39, 0.29) is 6.03 Å². The minimum Gasteiger partial charge on any atom is -0.340 e. The van der Waals surface area contributed by atoms with Gasteiger partial charge >= 0.3 is 6.03 Å². The molecule has 0 aliphatic carbocycles. The van der Waals surface area contributed by atoms with Crippen molar-refractivity contribution in [2.75, 3.05) is 36.8 Å². The van der Waals surface area contributed by atoms with Gasteiger partial charge in [-0.1, -0.05) is 12.0 Å². The fraction of sp³-hybridized carbons (Fsp3) is 0.346. The molecule has 0 spiro atoms. The molecule has 2 aliphatic rings. The summed E-state index contributed by atoms with van der Waals surface area (Å²) < 4.78 is 0. The maximum atomic E-state index is 12.9. The lowest BCUT2D eigenvalue weighted by Gasteiger charge is -2.36. The van der Waals surface area contributed by atoms with Gasteiger partial charge in [-0.15, -0.1) is 6.42 Å². The first kappa shape index (κ1) is 21.2. The van der Waals surface area contributed by atoms with Crippen LogP contribution in [0.15, 0.2) is 48.8 Å². The second-order valence-electron chi connectivity index (χ2n) is 8.70. The fourth-order valence-electron chi connectivity index (χ4n) is 4.80. The SMILES string of the molecule is C#Cc1cccc(Nc2ncnc3ccc(NC(=O)N4CCC(N5CCCC5)CC4)cc23)c1. The lowest BCUT2D eigenvalue weighted by atomic mass is 10.0. The number of carbonyl (C=O) groups excluding carboxylic acids is 1. The van der Waals surface area contributed by atoms with E-state index >= 15 is 0 Å². The van der Waals surface area contributed by atoms with E-state index in [1.807, 2.05) is 47.4 Å². The quantitative estimate of drug-likeness (QED) is 0.587. The Kier molecular flexibility index (Phi) is 6.09. The lowest BCUT2D eigenvalue weighted by Crippen LogP contribution is -2.47. The number of hydrogen-bond donors (Lipinski definition) is 2. The monoisotopic (exact) mass is 440 g/mol. The van der Waals surface area contributed by atoms with Crippen LogP contribution in [0, 0.1) is 12.3 Å². The summed E-state index contributed by atoms with van der Waals surface area (Å²) in [6, 6.07) is 13.9. The maximum Gasteiger partial charge on any atom is 0.321 e. The molecule has 2 aromatic carbocycles. The number of nitrogens with one attached hydrogen (secondary N) is 2. The first-order valence-electron chi connectivity index (χ1n) is 11.6. The molecule has 7 nitrogen and oxygen atoms in total. The molecule has 0 radical (unpaired) electrons. The van der Waals surface area contributed by atoms with Crippen molar-refractivity contribution in [1.82, 2.24) is 19.8 Å². The molecule has 7 heteroatoms. The van der Waals surface area contributed by atoms with E-state index in [1.165, 1.54) is 32.3 Å². The van der Waals surface area contributed by atoms with E-state index in [0.717, 1.165) is 53.8 Å². The number of nitrogens with zero attached hydrogens (tertiary/aromatic N) is 4. The molecule has 0 atom stereocenters. The number of fused-ring (bicyclic) bond motifs is 1. The molecule has 2 amide bonds. The maximum absolute atomic E-state index is 12.9. The van der Waals surface area contributed by atoms with Crippen LogP contribution in [-0.4, -0.2) is 58.0 Å². The number of rotatable bonds is 4. The molecular weight excluding hydrogens is 412 g/mol. The average Bonchev–Trinajstić information content (AvgIpc) is 3.40. The number of aromatic nitrogens is 2. The second-order valence-corrected chi connectivity index (χ2v) is 8.70. The molecule has 2 fully saturated rings. The number of terminal acetylenes is 1. The molecule has 0 saturated carbocycles. The van der Waals surface area contributed by atoms with Gasteiger partial charge in [0.15, 0.2) is 0 Å². The van der Waals surface area contributed by atoms with Crippen molar-refractivity contribution in [3.8, 4) is 12.3 Å². The highest BCUT2D eigenvalue weighted by molar-refractivity contribution is 5.96. The predicted octanol–water partition coefficient (Wildman–Crippen LogP) is 4.45. The molecule has 0 unspecified atom stereocenters. The van der Waals surface area contributed by atoms with Crippen molar-refractivity contribution in [2.24, 2.45) is 0 Å². The third kappa shape index (κ3) is 4.76. The third-order valence-corrected chi connectivity index (χ3v) is 6.59. The van der Waals surface area contributed by atoms with Crippen LogP contribution in [-0.2, 0) is 0 Å². The van der Waals surface area contributed by atoms with Crippen LogP contribution in [0.1, 0.15) is 31.2 Å². The number of likely N-dealkylation sites (tertiary alicyclic amines) is 2. The van der Waals surface area contributed by atoms with Crippen LogP contribution in [0.2, 0.25) is 0 Å². The van der Waals surface area contributed by atoms with Crippen molar-refractivity contribution >= 4 is 34.1 Å². The average molecular weight is 441 g/mol. The van der Waals surface area contributed by atoms with Crippen LogP contribution in [0.5, 0.6) is 0 Å². The molecule has 3 heterocycles. The Balaban J connectivity index is 1.28. The zero-order valence-electron chi connectivity index (χ0n) is 18.6. The molecule has 2 saturated heterocycles. The Morgan fingerprint density at radius 1 is 1.00 bits per heavy atom. The highest BCUT2D eigenvalue weighted by Crippen LogP contribution is 2.27. The number of carbonyl (C=O) groups is 1. The van der Waals surface area contributed by atoms with Crippen molar-refractivity contribution in [3.05, 3.63) is 54.4 Å². The minimum atomic E-state index is -0.0534. The summed E-state index contributed by atoms with van der Waals surface area (Å²) in [5.41, 5.74) is 3.16. The topological polar surface area (TPSA) is 73.4 Å². The fourth-order valence-corrected chi connectivity index (χ4v) is 4.80. The summed E-state index contributed by atoms with van der Waals surface area (Å²) in [4.78, 5) is 26.2. The van der Waals surface area contributed by atoms with Crippen molar-refractivity contribution < 1.29 is 4.79 Å². The lowest BCUT2D eigenvalue weighted by molar-refractivity contribution is 0.140. The Labute approximate surface area is 194 Å². The number of piperidine rings is 1. The number of amides is 2. The molecule has 2 aliphatic heterocycles. The zero-order chi connectivity index (χ0) is 22.6. The zero-order valence-corrected chi connectivity index (χ0v) is 18.6. The van der Waals surface area contributed by atoms with E-state index in [1.54, 1.807) is 0 Å². The van der Waals surface area contributed by atoms with Gasteiger partial charge in [-0.05, 0) is 75.2 Å². The minimum absolute atomic E-state index is 0.0534. The Hall–Kier alpha value is -3.63. The van der Waals surface area contributed by atoms with E-state index in [0.29, 0.717) is 11.9 Å². The van der Waals surface area contributed by atoms with Crippen molar-refractivity contribution in [3.63, 3.8) is 0 Å². The van der Waals surface area contributed by atoms with Gasteiger partial charge in [0.25, 0.3) is 0 Å². The first-order chi connectivity index (χ1) is 16.2. The van der Waals surface area contributed by atoms with Crippen LogP contribution < -0.4 is 10.6 Å². The van der Waals surface area contributed by atoms with Gasteiger partial charge in [-0.25, -0.2) is 14.8 Å². The standard InChI is InChI=1S/C26H28N6O/c1-2-19-6-5-7-20(16-19)29-25-23-17-21(8-9-24(23)27-18-28-25)30-26(33)32-14-10-22(11-15-32)31-12-3-4-13-31/h1,5-9,16-18,22H,3-4,10-15H2,(H,30,33)(H,27,28,29). The Morgan fingerprint density at radius 3 is 2.61 bits per heavy atom. The van der Waals surface area contributed by atoms with Gasteiger partial charge in [0, 0.05) is 41.5 Å². The van der Waals surface area contributed by atoms with Gasteiger partial charge in [0.2, 0.25) is 0 Å². The van der Waals surface area contributed by atoms with Gasteiger partial charge in [-0.3, -0.25) is 0 Å². The normalized spacial score (nSPS) is 17.1. The second kappa shape index (κ2) is 9.47. The highest BCUT2D eigenvalue weighted by atomic mass is 16.2. The van der Waals surface area contributed by atoms with Crippen molar-refractivity contribution in [2.45, 2.75) is 31.7 Å². The summed E-state index contributed by atoms with van der Waals surface area (Å²) in [5, 5.41) is 7.21. The van der Waals surface area contributed by atoms with E-state index in [4.69, 9.17) is 6.42 Å². The van der Waals surface area contributed by atoms with E-state index in [9.17, 15) is 4.79 Å². The van der Waals surface area contributed by atoms with Gasteiger partial charge in [0.05, 0.1) is 5.52 Å². The predicted molar refractivity (Wildman–Crippen MR) is 132 cm³/mol. The summed E-state index contributed by atoms with van der Waals surface area (Å²) in [5.74, 6) is 3.31. The molecule has 1 aromatic heterocycles. The number of urea groups is 1. The summed E-state index contributed by atoms with van der Waals surface area (Å²) in [6.07, 6.45) is 11.7. The largest absolute Gasteiger partial charge is 0.340 e. The number of anilines is 3. The van der Waals surface area contributed by atoms with Gasteiger partial charge < -0.3 is 20.4 Å². The smallest absolute Gasteiger partial charge is 0.321 e. The summed E-state index contributed by atoms with van der Waals surface area (Å²) in [7, 11) is 0. The van der Waals surface area contributed by atoms with E-state index in [2.05, 4.69) is 31.4 Å². The number of hydrogen-bond acceptors (Lipinski definition) is 5. The molecule has 3 aromatic rings. The molecule has 5 rings (SSSR count). The summed E-state index contributed by atoms with van der Waals surface area (Å²) in [6.45, 7) is 4.00. The molecular formula is C26H28N6O. The van der Waals surface area contributed by atoms with Gasteiger partial charge in [0.1, 0.15) is 12.1 Å². The molecule has 33 heavy (non-hydrogen) atoms. The van der Waals surface area contributed by atoms with Crippen molar-refractivity contribution in [1.29, 1.82) is 0 Å². The van der Waals surface area contributed by atoms with Crippen LogP contribution in [0.3, 0.4) is 0 Å². The van der Waals surface area contributed by atoms with E-state index < -0.39 is 0 Å². The molecule has 168 valence electrons. The Bertz CT molecular complexity index is 1190. The molecule has 0 bridgehead atoms. The first-order valence-corrected chi connectivity index (χ1v) is 11.6. The molecule has 2 N–H and O–H groups in total. The Morgan fingerprint density at radius 2 is 1.82 bits per heavy atom. The summed E-state index contributed by atoms with van der Waals surface area (Å²) >= 11 is 0. The van der Waals surface area contributed by atoms with Gasteiger partial charge in [-0.2, -0.15) is 0 Å². The van der Waals surface area contributed by atoms with Crippen LogP contribution in [0.4, 0.5) is 22.0 Å².